The molecule has 3 rings (SSSR count). The summed E-state index contributed by atoms with van der Waals surface area (Å²) in [7, 11) is 1.31. The van der Waals surface area contributed by atoms with Gasteiger partial charge in [-0.2, -0.15) is 0 Å². The van der Waals surface area contributed by atoms with Crippen LogP contribution in [0.25, 0.3) is 0 Å². The summed E-state index contributed by atoms with van der Waals surface area (Å²) in [5, 5.41) is 12.2. The molecule has 0 aromatic heterocycles. The fourth-order valence-corrected chi connectivity index (χ4v) is 2.98. The Hall–Kier alpha value is -2.37. The molecule has 5 nitrogen and oxygen atoms in total. The number of benzene rings is 2. The first-order valence-electron chi connectivity index (χ1n) is 7.43. The minimum absolute atomic E-state index is 0.485. The molecule has 0 bridgehead atoms. The van der Waals surface area contributed by atoms with Crippen molar-refractivity contribution in [2.24, 2.45) is 5.92 Å². The summed E-state index contributed by atoms with van der Waals surface area (Å²) in [6.07, 6.45) is 0. The van der Waals surface area contributed by atoms with E-state index in [0.717, 1.165) is 11.3 Å². The maximum absolute atomic E-state index is 12.3. The third kappa shape index (κ3) is 2.81. The van der Waals surface area contributed by atoms with Crippen molar-refractivity contribution in [2.45, 2.75) is 18.8 Å². The van der Waals surface area contributed by atoms with Gasteiger partial charge in [0.1, 0.15) is 12.0 Å². The molecule has 1 heterocycles. The van der Waals surface area contributed by atoms with Crippen LogP contribution < -0.4 is 5.06 Å². The van der Waals surface area contributed by atoms with Crippen molar-refractivity contribution in [1.29, 1.82) is 0 Å². The average Bonchev–Trinajstić information content (AvgIpc) is 2.87. The summed E-state index contributed by atoms with van der Waals surface area (Å²) < 4.78 is 4.90. The Morgan fingerprint density at radius 3 is 2.26 bits per heavy atom. The van der Waals surface area contributed by atoms with Gasteiger partial charge >= 0.3 is 5.97 Å². The maximum atomic E-state index is 12.3. The van der Waals surface area contributed by atoms with Crippen LogP contribution in [0.15, 0.2) is 60.7 Å². The van der Waals surface area contributed by atoms with E-state index in [-0.39, 0.29) is 0 Å². The minimum atomic E-state index is -1.66. The molecule has 0 aliphatic carbocycles. The lowest BCUT2D eigenvalue weighted by Crippen LogP contribution is -2.38. The minimum Gasteiger partial charge on any atom is -0.469 e. The van der Waals surface area contributed by atoms with Crippen LogP contribution in [-0.4, -0.2) is 24.0 Å². The quantitative estimate of drug-likeness (QED) is 0.883. The zero-order valence-corrected chi connectivity index (χ0v) is 13.0. The summed E-state index contributed by atoms with van der Waals surface area (Å²) in [6, 6.07) is 18.4. The number of carbonyl (C=O) groups excluding carboxylic acids is 1. The van der Waals surface area contributed by atoms with E-state index in [1.807, 2.05) is 60.7 Å². The number of ether oxygens (including phenoxy) is 1. The van der Waals surface area contributed by atoms with Crippen LogP contribution in [0.3, 0.4) is 0 Å². The molecule has 120 valence electrons. The van der Waals surface area contributed by atoms with E-state index < -0.39 is 23.7 Å². The van der Waals surface area contributed by atoms with E-state index >= 15 is 0 Å². The van der Waals surface area contributed by atoms with Crippen molar-refractivity contribution < 1.29 is 19.5 Å². The average molecular weight is 313 g/mol. The van der Waals surface area contributed by atoms with Crippen molar-refractivity contribution in [2.75, 3.05) is 12.2 Å². The number of nitrogens with zero attached hydrogens (tertiary/aromatic N) is 1. The molecule has 0 spiro atoms. The van der Waals surface area contributed by atoms with Gasteiger partial charge in [-0.15, -0.1) is 0 Å². The van der Waals surface area contributed by atoms with Gasteiger partial charge in [-0.1, -0.05) is 48.5 Å². The number of hydrogen-bond acceptors (Lipinski definition) is 5. The third-order valence-electron chi connectivity index (χ3n) is 4.04. The number of anilines is 1. The van der Waals surface area contributed by atoms with Crippen LogP contribution in [0, 0.1) is 5.92 Å². The molecule has 2 aromatic carbocycles. The van der Waals surface area contributed by atoms with Gasteiger partial charge in [0.2, 0.25) is 5.79 Å². The standard InChI is InChI=1S/C18H19NO4/c1-18(21)15(17(20)22-2)16(13-9-5-3-6-10-13)19(23-18)14-11-7-4-8-12-14/h3-12,15-16,21H,1-2H3/t15-,16-,18-/m0/s1. The Morgan fingerprint density at radius 1 is 1.13 bits per heavy atom. The second-order valence-corrected chi connectivity index (χ2v) is 5.66. The van der Waals surface area contributed by atoms with Crippen LogP contribution in [0.2, 0.25) is 0 Å². The number of rotatable bonds is 3. The second kappa shape index (κ2) is 6.02. The number of hydrogen-bond donors (Lipinski definition) is 1. The van der Waals surface area contributed by atoms with Gasteiger partial charge in [0, 0.05) is 0 Å². The molecule has 1 N–H and O–H groups in total. The lowest BCUT2D eigenvalue weighted by Gasteiger charge is -2.26. The van der Waals surface area contributed by atoms with Gasteiger partial charge in [-0.05, 0) is 24.6 Å². The second-order valence-electron chi connectivity index (χ2n) is 5.66. The summed E-state index contributed by atoms with van der Waals surface area (Å²) in [5.41, 5.74) is 1.62. The zero-order chi connectivity index (χ0) is 16.4. The lowest BCUT2D eigenvalue weighted by molar-refractivity contribution is -0.198. The SMILES string of the molecule is COC(=O)[C@@H]1[C@H](c2ccccc2)N(c2ccccc2)O[C@]1(C)O. The molecular formula is C18H19NO4. The fourth-order valence-electron chi connectivity index (χ4n) is 2.98. The Balaban J connectivity index is 2.10. The molecule has 5 heteroatoms. The predicted octanol–water partition coefficient (Wildman–Crippen LogP) is 2.68. The number of aliphatic hydroxyl groups is 1. The molecule has 0 amide bonds. The van der Waals surface area contributed by atoms with Crippen molar-refractivity contribution in [3.8, 4) is 0 Å². The van der Waals surface area contributed by atoms with Gasteiger partial charge in [0.25, 0.3) is 0 Å². The number of para-hydroxylation sites is 1. The van der Waals surface area contributed by atoms with E-state index in [1.54, 1.807) is 5.06 Å². The molecular weight excluding hydrogens is 294 g/mol. The summed E-state index contributed by atoms with van der Waals surface area (Å²) in [4.78, 5) is 18.0. The number of hydroxylamine groups is 1. The van der Waals surface area contributed by atoms with E-state index in [0.29, 0.717) is 0 Å². The van der Waals surface area contributed by atoms with Gasteiger partial charge in [-0.25, -0.2) is 9.90 Å². The molecule has 2 aromatic rings. The van der Waals surface area contributed by atoms with Crippen LogP contribution in [0.4, 0.5) is 5.69 Å². The molecule has 3 atom stereocenters. The molecule has 1 aliphatic rings. The van der Waals surface area contributed by atoms with E-state index in [2.05, 4.69) is 0 Å². The van der Waals surface area contributed by atoms with Crippen molar-refractivity contribution in [1.82, 2.24) is 0 Å². The molecule has 0 unspecified atom stereocenters. The predicted molar refractivity (Wildman–Crippen MR) is 85.3 cm³/mol. The largest absolute Gasteiger partial charge is 0.469 e. The van der Waals surface area contributed by atoms with Crippen molar-refractivity contribution in [3.63, 3.8) is 0 Å². The van der Waals surface area contributed by atoms with Crippen molar-refractivity contribution >= 4 is 11.7 Å². The van der Waals surface area contributed by atoms with Crippen LogP contribution in [0.5, 0.6) is 0 Å². The molecule has 1 fully saturated rings. The van der Waals surface area contributed by atoms with Crippen molar-refractivity contribution in [3.05, 3.63) is 66.2 Å². The summed E-state index contributed by atoms with van der Waals surface area (Å²) in [5.74, 6) is -3.04. The van der Waals surface area contributed by atoms with Crippen LogP contribution >= 0.6 is 0 Å². The van der Waals surface area contributed by atoms with E-state index in [9.17, 15) is 9.90 Å². The Labute approximate surface area is 135 Å². The molecule has 0 radical (unpaired) electrons. The Bertz CT molecular complexity index is 672. The normalized spacial score (nSPS) is 27.0. The van der Waals surface area contributed by atoms with E-state index in [1.165, 1.54) is 14.0 Å². The third-order valence-corrected chi connectivity index (χ3v) is 4.04. The summed E-state index contributed by atoms with van der Waals surface area (Å²) in [6.45, 7) is 1.48. The number of methoxy groups -OCH3 is 1. The number of esters is 1. The van der Waals surface area contributed by atoms with Crippen LogP contribution in [0.1, 0.15) is 18.5 Å². The molecule has 0 saturated carbocycles. The molecule has 1 aliphatic heterocycles. The Morgan fingerprint density at radius 2 is 1.70 bits per heavy atom. The highest BCUT2D eigenvalue weighted by atomic mass is 16.8. The highest BCUT2D eigenvalue weighted by molar-refractivity contribution is 5.76. The van der Waals surface area contributed by atoms with E-state index in [4.69, 9.17) is 9.57 Å². The first-order chi connectivity index (χ1) is 11.0. The first-order valence-corrected chi connectivity index (χ1v) is 7.43. The van der Waals surface area contributed by atoms with Crippen LogP contribution in [-0.2, 0) is 14.4 Å². The van der Waals surface area contributed by atoms with Gasteiger partial charge < -0.3 is 9.84 Å². The van der Waals surface area contributed by atoms with Gasteiger partial charge in [0.15, 0.2) is 0 Å². The smallest absolute Gasteiger partial charge is 0.316 e. The Kier molecular flexibility index (Phi) is 4.07. The molecule has 1 saturated heterocycles. The highest BCUT2D eigenvalue weighted by Gasteiger charge is 2.56. The number of carbonyl (C=O) groups is 1. The molecule has 23 heavy (non-hydrogen) atoms. The maximum Gasteiger partial charge on any atom is 0.316 e. The first kappa shape index (κ1) is 15.5. The summed E-state index contributed by atoms with van der Waals surface area (Å²) >= 11 is 0. The zero-order valence-electron chi connectivity index (χ0n) is 13.0. The highest BCUT2D eigenvalue weighted by Crippen LogP contribution is 2.46. The van der Waals surface area contributed by atoms with Gasteiger partial charge in [-0.3, -0.25) is 4.79 Å². The monoisotopic (exact) mass is 313 g/mol. The lowest BCUT2D eigenvalue weighted by atomic mass is 9.88. The topological polar surface area (TPSA) is 59.0 Å². The fraction of sp³-hybridized carbons (Fsp3) is 0.278. The van der Waals surface area contributed by atoms with Gasteiger partial charge in [0.05, 0.1) is 12.8 Å².